The van der Waals surface area contributed by atoms with Crippen LogP contribution >= 0.6 is 11.3 Å². The molecule has 3 aromatic carbocycles. The lowest BCUT2D eigenvalue weighted by Gasteiger charge is -2.23. The monoisotopic (exact) mass is 456 g/mol. The van der Waals surface area contributed by atoms with Crippen molar-refractivity contribution in [1.82, 2.24) is 4.98 Å². The third-order valence-electron chi connectivity index (χ3n) is 5.70. The minimum Gasteiger partial charge on any atom is -0.508 e. The second kappa shape index (κ2) is 7.86. The number of nitrogens with zero attached hydrogens (tertiary/aromatic N) is 2. The highest BCUT2D eigenvalue weighted by atomic mass is 32.1. The van der Waals surface area contributed by atoms with Crippen LogP contribution in [0.15, 0.2) is 72.3 Å². The van der Waals surface area contributed by atoms with E-state index in [1.165, 1.54) is 28.4 Å². The number of phenols is 1. The molecule has 1 aromatic heterocycles. The predicted molar refractivity (Wildman–Crippen MR) is 128 cm³/mol. The third kappa shape index (κ3) is 3.47. The second-order valence-electron chi connectivity index (χ2n) is 8.06. The van der Waals surface area contributed by atoms with E-state index in [4.69, 9.17) is 0 Å². The van der Waals surface area contributed by atoms with Gasteiger partial charge >= 0.3 is 5.91 Å². The van der Waals surface area contributed by atoms with Gasteiger partial charge in [-0.05, 0) is 48.7 Å². The smallest absolute Gasteiger partial charge is 0.301 e. The number of phenolic OH excluding ortho intramolecular Hbond substituents is 1. The van der Waals surface area contributed by atoms with Crippen LogP contribution in [0.4, 0.5) is 5.13 Å². The van der Waals surface area contributed by atoms with Crippen molar-refractivity contribution >= 4 is 44.1 Å². The summed E-state index contributed by atoms with van der Waals surface area (Å²) in [5, 5.41) is 21.6. The summed E-state index contributed by atoms with van der Waals surface area (Å²) in [6.45, 7) is 3.94. The summed E-state index contributed by atoms with van der Waals surface area (Å²) in [6.07, 6.45) is 0. The second-order valence-corrected chi connectivity index (χ2v) is 9.06. The minimum absolute atomic E-state index is 0.00596. The van der Waals surface area contributed by atoms with E-state index in [0.717, 1.165) is 21.3 Å². The van der Waals surface area contributed by atoms with Crippen LogP contribution in [-0.4, -0.2) is 26.9 Å². The van der Waals surface area contributed by atoms with Crippen LogP contribution < -0.4 is 4.90 Å². The zero-order valence-corrected chi connectivity index (χ0v) is 18.8. The van der Waals surface area contributed by atoms with Gasteiger partial charge in [-0.1, -0.05) is 59.9 Å². The van der Waals surface area contributed by atoms with Crippen molar-refractivity contribution in [2.24, 2.45) is 0 Å². The number of aromatic nitrogens is 1. The van der Waals surface area contributed by atoms with E-state index < -0.39 is 17.7 Å². The first-order valence-electron chi connectivity index (χ1n) is 10.4. The van der Waals surface area contributed by atoms with Crippen molar-refractivity contribution < 1.29 is 19.8 Å². The lowest BCUT2D eigenvalue weighted by atomic mass is 9.95. The molecule has 1 fully saturated rings. The van der Waals surface area contributed by atoms with Crippen molar-refractivity contribution in [3.8, 4) is 5.75 Å². The SMILES string of the molecule is Cc1cc(C)c2nc(N3C(=O)C(=O)/C(=C(/O)c4ccccc4)C3c3cccc(O)c3)sc2c1. The number of aliphatic hydroxyl groups excluding tert-OH is 1. The number of Topliss-reactive ketones (excluding diaryl/α,β-unsaturated/α-hetero) is 1. The Morgan fingerprint density at radius 2 is 1.76 bits per heavy atom. The molecular formula is C26H20N2O4S. The summed E-state index contributed by atoms with van der Waals surface area (Å²) in [6, 6.07) is 18.1. The van der Waals surface area contributed by atoms with Crippen LogP contribution in [0.25, 0.3) is 16.0 Å². The Bertz CT molecular complexity index is 1460. The zero-order chi connectivity index (χ0) is 23.3. The summed E-state index contributed by atoms with van der Waals surface area (Å²) in [7, 11) is 0. The molecule has 164 valence electrons. The first-order chi connectivity index (χ1) is 15.8. The molecule has 1 amide bonds. The first-order valence-corrected chi connectivity index (χ1v) is 11.2. The van der Waals surface area contributed by atoms with Gasteiger partial charge in [0.25, 0.3) is 5.78 Å². The molecule has 0 radical (unpaired) electrons. The Kier molecular flexibility index (Phi) is 4.98. The number of hydrogen-bond acceptors (Lipinski definition) is 6. The maximum atomic E-state index is 13.3. The van der Waals surface area contributed by atoms with Gasteiger partial charge in [-0.15, -0.1) is 0 Å². The number of ketones is 1. The number of amides is 1. The molecule has 1 unspecified atom stereocenters. The summed E-state index contributed by atoms with van der Waals surface area (Å²) >= 11 is 1.32. The van der Waals surface area contributed by atoms with E-state index in [-0.39, 0.29) is 17.1 Å². The first kappa shape index (κ1) is 20.9. The number of rotatable bonds is 3. The molecule has 1 atom stereocenters. The molecule has 4 aromatic rings. The maximum Gasteiger partial charge on any atom is 0.301 e. The van der Waals surface area contributed by atoms with Crippen molar-refractivity contribution in [3.05, 3.63) is 94.6 Å². The number of aliphatic hydroxyl groups is 1. The molecule has 2 N–H and O–H groups in total. The summed E-state index contributed by atoms with van der Waals surface area (Å²) < 4.78 is 0.905. The number of aryl methyl sites for hydroxylation is 2. The van der Waals surface area contributed by atoms with E-state index >= 15 is 0 Å². The van der Waals surface area contributed by atoms with E-state index in [1.54, 1.807) is 42.5 Å². The van der Waals surface area contributed by atoms with Gasteiger partial charge in [-0.25, -0.2) is 4.98 Å². The summed E-state index contributed by atoms with van der Waals surface area (Å²) in [4.78, 5) is 32.5. The van der Waals surface area contributed by atoms with E-state index in [1.807, 2.05) is 26.0 Å². The predicted octanol–water partition coefficient (Wildman–Crippen LogP) is 5.25. The number of anilines is 1. The average Bonchev–Trinajstić information content (AvgIpc) is 3.33. The Hall–Kier alpha value is -3.97. The van der Waals surface area contributed by atoms with Gasteiger partial charge in [0, 0.05) is 5.56 Å². The van der Waals surface area contributed by atoms with Gasteiger partial charge in [-0.3, -0.25) is 14.5 Å². The Morgan fingerprint density at radius 1 is 1.00 bits per heavy atom. The van der Waals surface area contributed by atoms with Gasteiger partial charge in [-0.2, -0.15) is 0 Å². The molecule has 6 nitrogen and oxygen atoms in total. The molecule has 1 aliphatic heterocycles. The molecule has 2 heterocycles. The molecule has 7 heteroatoms. The lowest BCUT2D eigenvalue weighted by Crippen LogP contribution is -2.29. The van der Waals surface area contributed by atoms with Gasteiger partial charge in [0.15, 0.2) is 5.13 Å². The highest BCUT2D eigenvalue weighted by Crippen LogP contribution is 2.45. The number of thiazole rings is 1. The number of fused-ring (bicyclic) bond motifs is 1. The molecule has 0 spiro atoms. The van der Waals surface area contributed by atoms with E-state index in [2.05, 4.69) is 4.98 Å². The van der Waals surface area contributed by atoms with Crippen LogP contribution in [0.5, 0.6) is 5.75 Å². The minimum atomic E-state index is -0.931. The number of hydrogen-bond donors (Lipinski definition) is 2. The van der Waals surface area contributed by atoms with E-state index in [0.29, 0.717) is 16.3 Å². The average molecular weight is 457 g/mol. The standard InChI is InChI=1S/C26H20N2O4S/c1-14-11-15(2)21-19(12-14)33-26(27-21)28-22(17-9-6-10-18(29)13-17)20(24(31)25(28)32)23(30)16-7-4-3-5-8-16/h3-13,22,29-30H,1-2H3/b23-20+. The number of benzene rings is 3. The lowest BCUT2D eigenvalue weighted by molar-refractivity contribution is -0.132. The van der Waals surface area contributed by atoms with Crippen LogP contribution in [0.3, 0.4) is 0 Å². The summed E-state index contributed by atoms with van der Waals surface area (Å²) in [5.41, 5.74) is 3.70. The molecule has 0 bridgehead atoms. The van der Waals surface area contributed by atoms with E-state index in [9.17, 15) is 19.8 Å². The number of carbonyl (C=O) groups excluding carboxylic acids is 2. The Labute approximate surface area is 194 Å². The molecule has 1 saturated heterocycles. The fourth-order valence-electron chi connectivity index (χ4n) is 4.25. The van der Waals surface area contributed by atoms with Gasteiger partial charge < -0.3 is 10.2 Å². The normalized spacial score (nSPS) is 17.8. The third-order valence-corrected chi connectivity index (χ3v) is 6.70. The number of carbonyl (C=O) groups is 2. The largest absolute Gasteiger partial charge is 0.508 e. The molecule has 0 saturated carbocycles. The molecule has 33 heavy (non-hydrogen) atoms. The van der Waals surface area contributed by atoms with Crippen molar-refractivity contribution in [2.45, 2.75) is 19.9 Å². The Balaban J connectivity index is 1.76. The maximum absolute atomic E-state index is 13.3. The van der Waals surface area contributed by atoms with Crippen LogP contribution in [0, 0.1) is 13.8 Å². The topological polar surface area (TPSA) is 90.7 Å². The van der Waals surface area contributed by atoms with Crippen molar-refractivity contribution in [3.63, 3.8) is 0 Å². The summed E-state index contributed by atoms with van der Waals surface area (Å²) in [5.74, 6) is -1.84. The molecule has 5 rings (SSSR count). The highest BCUT2D eigenvalue weighted by molar-refractivity contribution is 7.22. The van der Waals surface area contributed by atoms with Crippen LogP contribution in [-0.2, 0) is 9.59 Å². The molecule has 1 aliphatic rings. The van der Waals surface area contributed by atoms with Gasteiger partial charge in [0.2, 0.25) is 0 Å². The van der Waals surface area contributed by atoms with Crippen LogP contribution in [0.1, 0.15) is 28.3 Å². The fourth-order valence-corrected chi connectivity index (χ4v) is 5.42. The molecular weight excluding hydrogens is 436 g/mol. The molecule has 0 aliphatic carbocycles. The highest BCUT2D eigenvalue weighted by Gasteiger charge is 2.48. The van der Waals surface area contributed by atoms with Gasteiger partial charge in [0.1, 0.15) is 11.5 Å². The van der Waals surface area contributed by atoms with Gasteiger partial charge in [0.05, 0.1) is 21.8 Å². The quantitative estimate of drug-likeness (QED) is 0.250. The van der Waals surface area contributed by atoms with Crippen molar-refractivity contribution in [1.29, 1.82) is 0 Å². The zero-order valence-electron chi connectivity index (χ0n) is 17.9. The number of aromatic hydroxyl groups is 1. The van der Waals surface area contributed by atoms with Crippen molar-refractivity contribution in [2.75, 3.05) is 4.90 Å². The Morgan fingerprint density at radius 3 is 2.48 bits per heavy atom. The fraction of sp³-hybridized carbons (Fsp3) is 0.115. The van der Waals surface area contributed by atoms with Crippen LogP contribution in [0.2, 0.25) is 0 Å².